The lowest BCUT2D eigenvalue weighted by atomic mass is 10.00. The molecule has 1 atom stereocenters. The number of rotatable bonds is 5. The summed E-state index contributed by atoms with van der Waals surface area (Å²) in [4.78, 5) is 26.1. The molecule has 0 bridgehead atoms. The highest BCUT2D eigenvalue weighted by atomic mass is 16.2. The maximum Gasteiger partial charge on any atom is 0.272 e. The van der Waals surface area contributed by atoms with E-state index in [4.69, 9.17) is 0 Å². The van der Waals surface area contributed by atoms with Crippen LogP contribution in [0.3, 0.4) is 0 Å². The molecule has 0 aliphatic carbocycles. The normalized spacial score (nSPS) is 17.2. The Balaban J connectivity index is 1.83. The Hall–Kier alpha value is -2.43. The lowest BCUT2D eigenvalue weighted by Gasteiger charge is -2.31. The molecule has 5 nitrogen and oxygen atoms in total. The molecular formula is C21H28N4O. The highest BCUT2D eigenvalue weighted by Crippen LogP contribution is 2.20. The van der Waals surface area contributed by atoms with Gasteiger partial charge >= 0.3 is 0 Å². The molecule has 1 amide bonds. The third-order valence-corrected chi connectivity index (χ3v) is 4.91. The van der Waals surface area contributed by atoms with Crippen LogP contribution in [-0.2, 0) is 6.54 Å². The van der Waals surface area contributed by atoms with Gasteiger partial charge in [0.05, 0.1) is 0 Å². The zero-order valence-electron chi connectivity index (χ0n) is 16.0. The van der Waals surface area contributed by atoms with Gasteiger partial charge in [-0.15, -0.1) is 0 Å². The van der Waals surface area contributed by atoms with Crippen molar-refractivity contribution < 1.29 is 4.79 Å². The van der Waals surface area contributed by atoms with Gasteiger partial charge in [-0.3, -0.25) is 4.79 Å². The molecule has 0 N–H and O–H groups in total. The van der Waals surface area contributed by atoms with Crippen LogP contribution in [0.15, 0.2) is 36.4 Å². The van der Waals surface area contributed by atoms with Crippen molar-refractivity contribution in [3.05, 3.63) is 53.5 Å². The molecule has 26 heavy (non-hydrogen) atoms. The molecule has 3 rings (SSSR count). The smallest absolute Gasteiger partial charge is 0.272 e. The van der Waals surface area contributed by atoms with Gasteiger partial charge in [0.25, 0.3) is 5.91 Å². The zero-order valence-corrected chi connectivity index (χ0v) is 16.0. The van der Waals surface area contributed by atoms with Crippen LogP contribution in [0.2, 0.25) is 0 Å². The minimum atomic E-state index is 0.0269. The van der Waals surface area contributed by atoms with Crippen LogP contribution in [0.4, 0.5) is 5.82 Å². The topological polar surface area (TPSA) is 49.3 Å². The van der Waals surface area contributed by atoms with Crippen molar-refractivity contribution in [3.63, 3.8) is 0 Å². The van der Waals surface area contributed by atoms with Gasteiger partial charge in [-0.2, -0.15) is 0 Å². The van der Waals surface area contributed by atoms with Crippen LogP contribution < -0.4 is 4.90 Å². The van der Waals surface area contributed by atoms with Crippen molar-refractivity contribution >= 4 is 11.7 Å². The summed E-state index contributed by atoms with van der Waals surface area (Å²) < 4.78 is 0. The van der Waals surface area contributed by atoms with E-state index in [2.05, 4.69) is 40.8 Å². The summed E-state index contributed by atoms with van der Waals surface area (Å²) in [6.07, 6.45) is 2.26. The standard InChI is InChI=1S/C21H28N4O/c1-4-24(15-18-10-6-5-7-11-18)20-13-19(22-17(3)23-20)21(26)25-12-8-9-16(2)14-25/h5-7,10-11,13,16H,4,8-9,12,14-15H2,1-3H3. The second-order valence-corrected chi connectivity index (χ2v) is 7.16. The fraction of sp³-hybridized carbons (Fsp3) is 0.476. The van der Waals surface area contributed by atoms with Crippen LogP contribution >= 0.6 is 0 Å². The number of amides is 1. The summed E-state index contributed by atoms with van der Waals surface area (Å²) >= 11 is 0. The molecule has 1 fully saturated rings. The number of aromatic nitrogens is 2. The number of likely N-dealkylation sites (tertiary alicyclic amines) is 1. The van der Waals surface area contributed by atoms with Crippen molar-refractivity contribution in [1.29, 1.82) is 0 Å². The Bertz CT molecular complexity index is 747. The number of hydrogen-bond donors (Lipinski definition) is 0. The molecule has 0 radical (unpaired) electrons. The number of hydrogen-bond acceptors (Lipinski definition) is 4. The van der Waals surface area contributed by atoms with E-state index in [0.717, 1.165) is 38.4 Å². The number of benzene rings is 1. The Morgan fingerprint density at radius 3 is 2.73 bits per heavy atom. The average Bonchev–Trinajstić information content (AvgIpc) is 2.65. The number of piperidine rings is 1. The number of carbonyl (C=O) groups excluding carboxylic acids is 1. The first kappa shape index (κ1) is 18.4. The molecule has 1 saturated heterocycles. The molecule has 1 unspecified atom stereocenters. The van der Waals surface area contributed by atoms with Crippen molar-refractivity contribution in [2.45, 2.75) is 40.2 Å². The quantitative estimate of drug-likeness (QED) is 0.823. The summed E-state index contributed by atoms with van der Waals surface area (Å²) in [5.74, 6) is 2.04. The molecule has 1 aromatic heterocycles. The van der Waals surface area contributed by atoms with Crippen molar-refractivity contribution in [1.82, 2.24) is 14.9 Å². The minimum Gasteiger partial charge on any atom is -0.352 e. The number of nitrogens with zero attached hydrogens (tertiary/aromatic N) is 4. The van der Waals surface area contributed by atoms with Crippen LogP contribution in [0.5, 0.6) is 0 Å². The first-order valence-electron chi connectivity index (χ1n) is 9.50. The summed E-state index contributed by atoms with van der Waals surface area (Å²) in [7, 11) is 0. The number of carbonyl (C=O) groups is 1. The lowest BCUT2D eigenvalue weighted by Crippen LogP contribution is -2.39. The van der Waals surface area contributed by atoms with Gasteiger partial charge in [-0.25, -0.2) is 9.97 Å². The van der Waals surface area contributed by atoms with E-state index >= 15 is 0 Å². The van der Waals surface area contributed by atoms with Crippen LogP contribution in [0.25, 0.3) is 0 Å². The van der Waals surface area contributed by atoms with Gasteiger partial charge in [-0.1, -0.05) is 37.3 Å². The first-order valence-corrected chi connectivity index (χ1v) is 9.50. The third kappa shape index (κ3) is 4.40. The van der Waals surface area contributed by atoms with E-state index < -0.39 is 0 Å². The predicted octanol–water partition coefficient (Wildman–Crippen LogP) is 3.68. The van der Waals surface area contributed by atoms with Crippen LogP contribution in [0.1, 0.15) is 48.6 Å². The van der Waals surface area contributed by atoms with Gasteiger partial charge in [0.15, 0.2) is 0 Å². The van der Waals surface area contributed by atoms with E-state index in [-0.39, 0.29) is 5.91 Å². The molecule has 2 heterocycles. The monoisotopic (exact) mass is 352 g/mol. The molecule has 1 aromatic carbocycles. The van der Waals surface area contributed by atoms with Crippen molar-refractivity contribution in [2.24, 2.45) is 5.92 Å². The predicted molar refractivity (Wildman–Crippen MR) is 104 cm³/mol. The molecule has 2 aromatic rings. The second-order valence-electron chi connectivity index (χ2n) is 7.16. The Kier molecular flexibility index (Phi) is 5.86. The van der Waals surface area contributed by atoms with E-state index in [1.807, 2.05) is 36.1 Å². The first-order chi connectivity index (χ1) is 12.6. The zero-order chi connectivity index (χ0) is 18.5. The Labute approximate surface area is 156 Å². The van der Waals surface area contributed by atoms with Gasteiger partial charge < -0.3 is 9.80 Å². The highest BCUT2D eigenvalue weighted by Gasteiger charge is 2.24. The maximum absolute atomic E-state index is 12.9. The van der Waals surface area contributed by atoms with Crippen molar-refractivity contribution in [2.75, 3.05) is 24.5 Å². The van der Waals surface area contributed by atoms with Crippen LogP contribution in [0, 0.1) is 12.8 Å². The van der Waals surface area contributed by atoms with Gasteiger partial charge in [0.2, 0.25) is 0 Å². The van der Waals surface area contributed by atoms with Crippen molar-refractivity contribution in [3.8, 4) is 0 Å². The molecule has 0 saturated carbocycles. The molecule has 0 spiro atoms. The Morgan fingerprint density at radius 2 is 2.04 bits per heavy atom. The fourth-order valence-corrected chi connectivity index (χ4v) is 3.52. The summed E-state index contributed by atoms with van der Waals surface area (Å²) in [5, 5.41) is 0. The van der Waals surface area contributed by atoms with E-state index in [0.29, 0.717) is 17.4 Å². The maximum atomic E-state index is 12.9. The number of aryl methyl sites for hydroxylation is 1. The van der Waals surface area contributed by atoms with Crippen LogP contribution in [-0.4, -0.2) is 40.4 Å². The fourth-order valence-electron chi connectivity index (χ4n) is 3.52. The largest absolute Gasteiger partial charge is 0.352 e. The second kappa shape index (κ2) is 8.30. The summed E-state index contributed by atoms with van der Waals surface area (Å²) in [6.45, 7) is 9.39. The molecule has 1 aliphatic heterocycles. The molecule has 1 aliphatic rings. The van der Waals surface area contributed by atoms with E-state index in [1.165, 1.54) is 12.0 Å². The van der Waals surface area contributed by atoms with E-state index in [1.54, 1.807) is 0 Å². The molecule has 5 heteroatoms. The number of anilines is 1. The van der Waals surface area contributed by atoms with Gasteiger partial charge in [0.1, 0.15) is 17.3 Å². The van der Waals surface area contributed by atoms with Gasteiger partial charge in [-0.05, 0) is 38.2 Å². The molecule has 138 valence electrons. The SMILES string of the molecule is CCN(Cc1ccccc1)c1cc(C(=O)N2CCCC(C)C2)nc(C)n1. The van der Waals surface area contributed by atoms with Gasteiger partial charge in [0, 0.05) is 32.2 Å². The van der Waals surface area contributed by atoms with E-state index in [9.17, 15) is 4.79 Å². The summed E-state index contributed by atoms with van der Waals surface area (Å²) in [6, 6.07) is 12.2. The third-order valence-electron chi connectivity index (χ3n) is 4.91. The highest BCUT2D eigenvalue weighted by molar-refractivity contribution is 5.93. The Morgan fingerprint density at radius 1 is 1.27 bits per heavy atom. The lowest BCUT2D eigenvalue weighted by molar-refractivity contribution is 0.0676. The average molecular weight is 352 g/mol. The molecular weight excluding hydrogens is 324 g/mol. The summed E-state index contributed by atoms with van der Waals surface area (Å²) in [5.41, 5.74) is 1.73. The minimum absolute atomic E-state index is 0.0269.